The summed E-state index contributed by atoms with van der Waals surface area (Å²) >= 11 is 0. The van der Waals surface area contributed by atoms with Crippen molar-refractivity contribution in [3.63, 3.8) is 0 Å². The summed E-state index contributed by atoms with van der Waals surface area (Å²) < 4.78 is 11.7. The summed E-state index contributed by atoms with van der Waals surface area (Å²) in [5.74, 6) is 1.10. The van der Waals surface area contributed by atoms with Crippen molar-refractivity contribution >= 4 is 17.3 Å². The molecule has 0 spiro atoms. The SMILES string of the molecule is Cc1cccc(C)c1OC1CCN(CCC(=O)Nc2ccc(N3CCOCC3)cc2)CC1. The molecule has 0 unspecified atom stereocenters. The molecule has 2 aliphatic heterocycles. The summed E-state index contributed by atoms with van der Waals surface area (Å²) in [7, 11) is 0. The number of para-hydroxylation sites is 1. The summed E-state index contributed by atoms with van der Waals surface area (Å²) in [6, 6.07) is 14.4. The molecule has 0 radical (unpaired) electrons. The van der Waals surface area contributed by atoms with E-state index in [0.29, 0.717) is 6.42 Å². The lowest BCUT2D eigenvalue weighted by molar-refractivity contribution is -0.116. The van der Waals surface area contributed by atoms with Crippen LogP contribution in [0.3, 0.4) is 0 Å². The molecular formula is C26H35N3O3. The van der Waals surface area contributed by atoms with Crippen molar-refractivity contribution in [1.82, 2.24) is 4.90 Å². The number of morpholine rings is 1. The predicted molar refractivity (Wildman–Crippen MR) is 129 cm³/mol. The number of carbonyl (C=O) groups excluding carboxylic acids is 1. The number of nitrogens with one attached hydrogen (secondary N) is 1. The first kappa shape index (κ1) is 22.6. The molecule has 2 aromatic carbocycles. The van der Waals surface area contributed by atoms with Crippen LogP contribution >= 0.6 is 0 Å². The van der Waals surface area contributed by atoms with Crippen LogP contribution in [0, 0.1) is 13.8 Å². The zero-order valence-corrected chi connectivity index (χ0v) is 19.3. The second-order valence-electron chi connectivity index (χ2n) is 8.82. The molecule has 2 heterocycles. The molecule has 1 amide bonds. The van der Waals surface area contributed by atoms with Crippen LogP contribution in [0.1, 0.15) is 30.4 Å². The Bertz CT molecular complexity index is 865. The quantitative estimate of drug-likeness (QED) is 0.709. The van der Waals surface area contributed by atoms with E-state index in [1.165, 1.54) is 16.8 Å². The third kappa shape index (κ3) is 6.02. The highest BCUT2D eigenvalue weighted by Crippen LogP contribution is 2.26. The van der Waals surface area contributed by atoms with E-state index >= 15 is 0 Å². The fraction of sp³-hybridized carbons (Fsp3) is 0.500. The van der Waals surface area contributed by atoms with Gasteiger partial charge in [0.2, 0.25) is 5.91 Å². The van der Waals surface area contributed by atoms with Gasteiger partial charge in [0.25, 0.3) is 0 Å². The minimum Gasteiger partial charge on any atom is -0.490 e. The molecule has 32 heavy (non-hydrogen) atoms. The molecule has 4 rings (SSSR count). The highest BCUT2D eigenvalue weighted by molar-refractivity contribution is 5.91. The van der Waals surface area contributed by atoms with Gasteiger partial charge in [-0.25, -0.2) is 0 Å². The van der Waals surface area contributed by atoms with Gasteiger partial charge in [-0.05, 0) is 62.1 Å². The van der Waals surface area contributed by atoms with Crippen molar-refractivity contribution in [2.24, 2.45) is 0 Å². The molecule has 0 atom stereocenters. The standard InChI is InChI=1S/C26H35N3O3/c1-20-4-3-5-21(2)26(20)32-24-10-13-28(14-11-24)15-12-25(30)27-22-6-8-23(9-7-22)29-16-18-31-19-17-29/h3-9,24H,10-19H2,1-2H3,(H,27,30). The Kier molecular flexibility index (Phi) is 7.66. The van der Waals surface area contributed by atoms with E-state index in [4.69, 9.17) is 9.47 Å². The Morgan fingerprint density at radius 3 is 2.31 bits per heavy atom. The maximum atomic E-state index is 12.4. The maximum Gasteiger partial charge on any atom is 0.225 e. The molecule has 1 N–H and O–H groups in total. The van der Waals surface area contributed by atoms with Gasteiger partial charge in [0.1, 0.15) is 11.9 Å². The van der Waals surface area contributed by atoms with Crippen molar-refractivity contribution in [3.05, 3.63) is 53.6 Å². The number of hydrogen-bond acceptors (Lipinski definition) is 5. The van der Waals surface area contributed by atoms with Crippen LogP contribution in [0.15, 0.2) is 42.5 Å². The van der Waals surface area contributed by atoms with Crippen LogP contribution < -0.4 is 15.0 Å². The normalized spacial score (nSPS) is 17.9. The van der Waals surface area contributed by atoms with E-state index in [2.05, 4.69) is 59.3 Å². The van der Waals surface area contributed by atoms with Crippen molar-refractivity contribution in [2.45, 2.75) is 39.2 Å². The zero-order valence-electron chi connectivity index (χ0n) is 19.3. The number of ether oxygens (including phenoxy) is 2. The molecule has 2 aromatic rings. The molecule has 0 saturated carbocycles. The first-order valence-corrected chi connectivity index (χ1v) is 11.8. The smallest absolute Gasteiger partial charge is 0.225 e. The Morgan fingerprint density at radius 1 is 1.00 bits per heavy atom. The van der Waals surface area contributed by atoms with Crippen molar-refractivity contribution in [1.29, 1.82) is 0 Å². The van der Waals surface area contributed by atoms with Gasteiger partial charge in [0, 0.05) is 50.5 Å². The fourth-order valence-electron chi connectivity index (χ4n) is 4.46. The molecule has 2 saturated heterocycles. The summed E-state index contributed by atoms with van der Waals surface area (Å²) in [5.41, 5.74) is 4.43. The summed E-state index contributed by atoms with van der Waals surface area (Å²) in [6.45, 7) is 10.3. The van der Waals surface area contributed by atoms with Crippen molar-refractivity contribution < 1.29 is 14.3 Å². The van der Waals surface area contributed by atoms with Gasteiger partial charge in [0.15, 0.2) is 0 Å². The zero-order chi connectivity index (χ0) is 22.3. The van der Waals surface area contributed by atoms with Gasteiger partial charge in [-0.2, -0.15) is 0 Å². The maximum absolute atomic E-state index is 12.4. The highest BCUT2D eigenvalue weighted by Gasteiger charge is 2.22. The highest BCUT2D eigenvalue weighted by atomic mass is 16.5. The lowest BCUT2D eigenvalue weighted by atomic mass is 10.1. The topological polar surface area (TPSA) is 54.0 Å². The van der Waals surface area contributed by atoms with Gasteiger partial charge in [-0.15, -0.1) is 0 Å². The number of anilines is 2. The van der Waals surface area contributed by atoms with Crippen LogP contribution in [-0.4, -0.2) is 62.8 Å². The molecule has 2 fully saturated rings. The van der Waals surface area contributed by atoms with E-state index in [0.717, 1.165) is 70.2 Å². The molecule has 6 heteroatoms. The Labute approximate surface area is 191 Å². The van der Waals surface area contributed by atoms with Gasteiger partial charge in [0.05, 0.1) is 13.2 Å². The fourth-order valence-corrected chi connectivity index (χ4v) is 4.46. The van der Waals surface area contributed by atoms with Gasteiger partial charge < -0.3 is 24.6 Å². The number of likely N-dealkylation sites (tertiary alicyclic amines) is 1. The number of amides is 1. The van der Waals surface area contributed by atoms with Crippen LogP contribution in [0.5, 0.6) is 5.75 Å². The average Bonchev–Trinajstić information content (AvgIpc) is 2.82. The number of benzene rings is 2. The number of rotatable bonds is 7. The summed E-state index contributed by atoms with van der Waals surface area (Å²) in [4.78, 5) is 17.1. The largest absolute Gasteiger partial charge is 0.490 e. The van der Waals surface area contributed by atoms with E-state index in [1.54, 1.807) is 0 Å². The molecule has 0 aliphatic carbocycles. The number of hydrogen-bond donors (Lipinski definition) is 1. The van der Waals surface area contributed by atoms with E-state index in [-0.39, 0.29) is 12.0 Å². The van der Waals surface area contributed by atoms with Crippen LogP contribution in [0.4, 0.5) is 11.4 Å². The summed E-state index contributed by atoms with van der Waals surface area (Å²) in [5, 5.41) is 3.03. The van der Waals surface area contributed by atoms with E-state index in [9.17, 15) is 4.79 Å². The first-order valence-electron chi connectivity index (χ1n) is 11.8. The molecular weight excluding hydrogens is 402 g/mol. The lowest BCUT2D eigenvalue weighted by Gasteiger charge is -2.32. The molecule has 0 bridgehead atoms. The van der Waals surface area contributed by atoms with Crippen molar-refractivity contribution in [3.8, 4) is 5.75 Å². The Morgan fingerprint density at radius 2 is 1.66 bits per heavy atom. The molecule has 2 aliphatic rings. The second-order valence-corrected chi connectivity index (χ2v) is 8.82. The summed E-state index contributed by atoms with van der Waals surface area (Å²) in [6.07, 6.45) is 2.76. The first-order chi connectivity index (χ1) is 15.6. The second kappa shape index (κ2) is 10.8. The predicted octanol–water partition coefficient (Wildman–Crippen LogP) is 4.01. The van der Waals surface area contributed by atoms with Gasteiger partial charge in [-0.1, -0.05) is 18.2 Å². The van der Waals surface area contributed by atoms with Gasteiger partial charge >= 0.3 is 0 Å². The van der Waals surface area contributed by atoms with E-state index < -0.39 is 0 Å². The Balaban J connectivity index is 1.17. The number of aryl methyl sites for hydroxylation is 2. The number of piperidine rings is 1. The monoisotopic (exact) mass is 437 g/mol. The third-order valence-corrected chi connectivity index (χ3v) is 6.41. The molecule has 172 valence electrons. The molecule has 6 nitrogen and oxygen atoms in total. The number of nitrogens with zero attached hydrogens (tertiary/aromatic N) is 2. The van der Waals surface area contributed by atoms with Crippen LogP contribution in [0.2, 0.25) is 0 Å². The lowest BCUT2D eigenvalue weighted by Crippen LogP contribution is -2.39. The van der Waals surface area contributed by atoms with Crippen molar-refractivity contribution in [2.75, 3.05) is 56.2 Å². The minimum absolute atomic E-state index is 0.0676. The third-order valence-electron chi connectivity index (χ3n) is 6.41. The van der Waals surface area contributed by atoms with E-state index in [1.807, 2.05) is 12.1 Å². The van der Waals surface area contributed by atoms with Crippen LogP contribution in [-0.2, 0) is 9.53 Å². The van der Waals surface area contributed by atoms with Crippen LogP contribution in [0.25, 0.3) is 0 Å². The minimum atomic E-state index is 0.0676. The number of carbonyl (C=O) groups is 1. The Hall–Kier alpha value is -2.57. The average molecular weight is 438 g/mol. The van der Waals surface area contributed by atoms with Gasteiger partial charge in [-0.3, -0.25) is 4.79 Å². The molecule has 0 aromatic heterocycles.